The van der Waals surface area contributed by atoms with E-state index in [2.05, 4.69) is 0 Å². The third kappa shape index (κ3) is 3.26. The minimum atomic E-state index is -0.308. The molecule has 0 atom stereocenters. The van der Waals surface area contributed by atoms with Gasteiger partial charge in [0.1, 0.15) is 11.3 Å². The summed E-state index contributed by atoms with van der Waals surface area (Å²) in [6.07, 6.45) is 2.06. The van der Waals surface area contributed by atoms with E-state index in [1.54, 1.807) is 30.1 Å². The number of nitrogens with two attached hydrogens (primary N) is 1. The fourth-order valence-corrected chi connectivity index (χ4v) is 2.48. The van der Waals surface area contributed by atoms with Crippen molar-refractivity contribution >= 4 is 17.5 Å². The molecule has 2 N–H and O–H groups in total. The minimum Gasteiger partial charge on any atom is -0.496 e. The molecule has 0 unspecified atom stereocenters. The Balaban J connectivity index is 2.10. The van der Waals surface area contributed by atoms with Gasteiger partial charge in [0.05, 0.1) is 13.7 Å². The van der Waals surface area contributed by atoms with E-state index in [4.69, 9.17) is 10.5 Å². The number of rotatable bonds is 4. The second-order valence-corrected chi connectivity index (χ2v) is 5.17. The summed E-state index contributed by atoms with van der Waals surface area (Å²) in [7, 11) is 3.09. The molecule has 114 valence electrons. The third-order valence-electron chi connectivity index (χ3n) is 3.67. The molecule has 1 aliphatic heterocycles. The van der Waals surface area contributed by atoms with Crippen molar-refractivity contribution in [2.24, 2.45) is 0 Å². The van der Waals surface area contributed by atoms with E-state index in [0.29, 0.717) is 17.0 Å². The number of carbonyl (C=O) groups is 2. The standard InChI is InChI=1S/C15H21N3O3/c1-17(10-13(19)18-8-3-4-9-18)15(20)14-11(16)6-5-7-12(14)21-2/h5-7H,3-4,8-10,16H2,1-2H3. The Morgan fingerprint density at radius 2 is 2.00 bits per heavy atom. The maximum Gasteiger partial charge on any atom is 0.259 e. The molecule has 2 rings (SSSR count). The molecular formula is C15H21N3O3. The first-order valence-electron chi connectivity index (χ1n) is 7.00. The molecule has 1 fully saturated rings. The molecule has 1 aliphatic rings. The van der Waals surface area contributed by atoms with Crippen LogP contribution in [-0.2, 0) is 4.79 Å². The van der Waals surface area contributed by atoms with Crippen LogP contribution in [0.1, 0.15) is 23.2 Å². The van der Waals surface area contributed by atoms with Crippen molar-refractivity contribution < 1.29 is 14.3 Å². The SMILES string of the molecule is COc1cccc(N)c1C(=O)N(C)CC(=O)N1CCCC1. The number of likely N-dealkylation sites (tertiary alicyclic amines) is 1. The lowest BCUT2D eigenvalue weighted by Gasteiger charge is -2.22. The molecule has 6 heteroatoms. The molecule has 2 amide bonds. The summed E-state index contributed by atoms with van der Waals surface area (Å²) in [5.41, 5.74) is 6.52. The molecule has 1 heterocycles. The van der Waals surface area contributed by atoms with Gasteiger partial charge in [-0.3, -0.25) is 9.59 Å². The van der Waals surface area contributed by atoms with Crippen LogP contribution in [0.5, 0.6) is 5.75 Å². The Bertz CT molecular complexity index is 539. The normalized spacial score (nSPS) is 14.1. The van der Waals surface area contributed by atoms with Gasteiger partial charge < -0.3 is 20.3 Å². The molecule has 0 aromatic heterocycles. The van der Waals surface area contributed by atoms with Crippen LogP contribution in [0.4, 0.5) is 5.69 Å². The number of nitrogen functional groups attached to an aromatic ring is 1. The Kier molecular flexibility index (Phi) is 4.67. The third-order valence-corrected chi connectivity index (χ3v) is 3.67. The number of carbonyl (C=O) groups excluding carboxylic acids is 2. The van der Waals surface area contributed by atoms with Gasteiger partial charge >= 0.3 is 0 Å². The molecule has 1 saturated heterocycles. The van der Waals surface area contributed by atoms with Crippen molar-refractivity contribution in [2.45, 2.75) is 12.8 Å². The summed E-state index contributed by atoms with van der Waals surface area (Å²) in [5, 5.41) is 0. The molecule has 1 aromatic rings. The second kappa shape index (κ2) is 6.47. The van der Waals surface area contributed by atoms with E-state index >= 15 is 0 Å². The van der Waals surface area contributed by atoms with Crippen LogP contribution in [0.2, 0.25) is 0 Å². The summed E-state index contributed by atoms with van der Waals surface area (Å²) in [5.74, 6) is 0.0785. The number of anilines is 1. The van der Waals surface area contributed by atoms with Crippen LogP contribution >= 0.6 is 0 Å². The first-order valence-corrected chi connectivity index (χ1v) is 7.00. The fraction of sp³-hybridized carbons (Fsp3) is 0.467. The first kappa shape index (κ1) is 15.2. The van der Waals surface area contributed by atoms with Crippen LogP contribution in [-0.4, -0.2) is 55.4 Å². The fourth-order valence-electron chi connectivity index (χ4n) is 2.48. The number of benzene rings is 1. The zero-order valence-corrected chi connectivity index (χ0v) is 12.5. The molecule has 0 saturated carbocycles. The summed E-state index contributed by atoms with van der Waals surface area (Å²) in [6, 6.07) is 5.05. The summed E-state index contributed by atoms with van der Waals surface area (Å²) < 4.78 is 5.18. The quantitative estimate of drug-likeness (QED) is 0.839. The minimum absolute atomic E-state index is 0.0307. The van der Waals surface area contributed by atoms with Crippen molar-refractivity contribution in [1.29, 1.82) is 0 Å². The Labute approximate surface area is 124 Å². The van der Waals surface area contributed by atoms with E-state index in [1.807, 2.05) is 0 Å². The van der Waals surface area contributed by atoms with E-state index in [0.717, 1.165) is 25.9 Å². The number of methoxy groups -OCH3 is 1. The highest BCUT2D eigenvalue weighted by Gasteiger charge is 2.24. The van der Waals surface area contributed by atoms with E-state index in [1.165, 1.54) is 12.0 Å². The van der Waals surface area contributed by atoms with Crippen LogP contribution in [0.25, 0.3) is 0 Å². The van der Waals surface area contributed by atoms with Crippen LogP contribution < -0.4 is 10.5 Å². The molecule has 0 radical (unpaired) electrons. The lowest BCUT2D eigenvalue weighted by molar-refractivity contribution is -0.130. The molecule has 0 aliphatic carbocycles. The van der Waals surface area contributed by atoms with Gasteiger partial charge in [0.25, 0.3) is 5.91 Å². The van der Waals surface area contributed by atoms with Crippen molar-refractivity contribution in [2.75, 3.05) is 39.5 Å². The monoisotopic (exact) mass is 291 g/mol. The second-order valence-electron chi connectivity index (χ2n) is 5.17. The van der Waals surface area contributed by atoms with E-state index < -0.39 is 0 Å². The topological polar surface area (TPSA) is 75.9 Å². The smallest absolute Gasteiger partial charge is 0.259 e. The average molecular weight is 291 g/mol. The number of ether oxygens (including phenoxy) is 1. The molecular weight excluding hydrogens is 270 g/mol. The van der Waals surface area contributed by atoms with E-state index in [9.17, 15) is 9.59 Å². The summed E-state index contributed by atoms with van der Waals surface area (Å²) >= 11 is 0. The lowest BCUT2D eigenvalue weighted by atomic mass is 10.1. The predicted octanol–water partition coefficient (Wildman–Crippen LogP) is 0.972. The predicted molar refractivity (Wildman–Crippen MR) is 80.2 cm³/mol. The zero-order chi connectivity index (χ0) is 15.4. The van der Waals surface area contributed by atoms with E-state index in [-0.39, 0.29) is 18.4 Å². The summed E-state index contributed by atoms with van der Waals surface area (Å²) in [4.78, 5) is 27.8. The highest BCUT2D eigenvalue weighted by atomic mass is 16.5. The van der Waals surface area contributed by atoms with Crippen molar-refractivity contribution in [3.8, 4) is 5.75 Å². The number of hydrogen-bond acceptors (Lipinski definition) is 4. The number of amides is 2. The Morgan fingerprint density at radius 3 is 2.62 bits per heavy atom. The van der Waals surface area contributed by atoms with Crippen molar-refractivity contribution in [1.82, 2.24) is 9.80 Å². The number of hydrogen-bond donors (Lipinski definition) is 1. The van der Waals surface area contributed by atoms with Gasteiger partial charge in [-0.05, 0) is 25.0 Å². The number of nitrogens with zero attached hydrogens (tertiary/aromatic N) is 2. The van der Waals surface area contributed by atoms with Gasteiger partial charge in [-0.25, -0.2) is 0 Å². The van der Waals surface area contributed by atoms with Crippen LogP contribution in [0.3, 0.4) is 0 Å². The van der Waals surface area contributed by atoms with Crippen molar-refractivity contribution in [3.05, 3.63) is 23.8 Å². The Morgan fingerprint density at radius 1 is 1.33 bits per heavy atom. The highest BCUT2D eigenvalue weighted by Crippen LogP contribution is 2.25. The first-order chi connectivity index (χ1) is 10.0. The van der Waals surface area contributed by atoms with Crippen LogP contribution in [0, 0.1) is 0 Å². The maximum absolute atomic E-state index is 12.5. The Hall–Kier alpha value is -2.24. The van der Waals surface area contributed by atoms with Gasteiger partial charge in [0.15, 0.2) is 0 Å². The summed E-state index contributed by atoms with van der Waals surface area (Å²) in [6.45, 7) is 1.60. The van der Waals surface area contributed by atoms with Gasteiger partial charge in [-0.15, -0.1) is 0 Å². The average Bonchev–Trinajstić information content (AvgIpc) is 3.00. The molecule has 21 heavy (non-hydrogen) atoms. The van der Waals surface area contributed by atoms with Gasteiger partial charge in [0, 0.05) is 25.8 Å². The molecule has 0 spiro atoms. The lowest BCUT2D eigenvalue weighted by Crippen LogP contribution is -2.40. The van der Waals surface area contributed by atoms with Crippen LogP contribution in [0.15, 0.2) is 18.2 Å². The maximum atomic E-state index is 12.5. The zero-order valence-electron chi connectivity index (χ0n) is 12.5. The molecule has 6 nitrogen and oxygen atoms in total. The van der Waals surface area contributed by atoms with Crippen molar-refractivity contribution in [3.63, 3.8) is 0 Å². The van der Waals surface area contributed by atoms with Gasteiger partial charge in [0.2, 0.25) is 5.91 Å². The molecule has 1 aromatic carbocycles. The largest absolute Gasteiger partial charge is 0.496 e. The van der Waals surface area contributed by atoms with Gasteiger partial charge in [-0.2, -0.15) is 0 Å². The highest BCUT2D eigenvalue weighted by molar-refractivity contribution is 6.03. The molecule has 0 bridgehead atoms. The van der Waals surface area contributed by atoms with Gasteiger partial charge in [-0.1, -0.05) is 6.07 Å². The number of likely N-dealkylation sites (N-methyl/N-ethyl adjacent to an activating group) is 1.